The first kappa shape index (κ1) is 12.5. The van der Waals surface area contributed by atoms with E-state index in [0.29, 0.717) is 0 Å². The van der Waals surface area contributed by atoms with Gasteiger partial charge < -0.3 is 4.98 Å². The second kappa shape index (κ2) is 4.76. The third-order valence-electron chi connectivity index (χ3n) is 3.82. The molecule has 0 amide bonds. The van der Waals surface area contributed by atoms with Crippen molar-refractivity contribution in [2.24, 2.45) is 0 Å². The van der Waals surface area contributed by atoms with Crippen LogP contribution in [0.5, 0.6) is 0 Å². The minimum Gasteiger partial charge on any atom is -0.338 e. The highest BCUT2D eigenvalue weighted by atomic mass is 32.1. The molecule has 0 unspecified atom stereocenters. The maximum absolute atomic E-state index is 4.65. The SMILES string of the molecule is c1cc(-c2nc3ccc(-c4cn5ccsc5n4)cc3[nH]2)ccn1. The van der Waals surface area contributed by atoms with Crippen LogP contribution < -0.4 is 0 Å². The van der Waals surface area contributed by atoms with Crippen molar-refractivity contribution in [3.63, 3.8) is 0 Å². The summed E-state index contributed by atoms with van der Waals surface area (Å²) in [4.78, 5) is 17.7. The molecule has 5 aromatic rings. The predicted octanol–water partition coefficient (Wildman–Crippen LogP) is 4.00. The highest BCUT2D eigenvalue weighted by molar-refractivity contribution is 7.15. The topological polar surface area (TPSA) is 58.9 Å². The number of aromatic nitrogens is 5. The summed E-state index contributed by atoms with van der Waals surface area (Å²) in [5, 5.41) is 2.03. The van der Waals surface area contributed by atoms with E-state index >= 15 is 0 Å². The lowest BCUT2D eigenvalue weighted by Gasteiger charge is -1.95. The number of thiazole rings is 1. The fourth-order valence-electron chi connectivity index (χ4n) is 2.68. The number of imidazole rings is 2. The van der Waals surface area contributed by atoms with Gasteiger partial charge in [0.05, 0.1) is 16.7 Å². The molecule has 4 aromatic heterocycles. The summed E-state index contributed by atoms with van der Waals surface area (Å²) in [6.45, 7) is 0. The molecule has 0 aliphatic heterocycles. The fraction of sp³-hybridized carbons (Fsp3) is 0. The first-order valence-electron chi connectivity index (χ1n) is 7.19. The zero-order valence-electron chi connectivity index (χ0n) is 12.0. The van der Waals surface area contributed by atoms with Gasteiger partial charge in [-0.15, -0.1) is 11.3 Å². The Labute approximate surface area is 135 Å². The minimum absolute atomic E-state index is 0.852. The predicted molar refractivity (Wildman–Crippen MR) is 91.4 cm³/mol. The smallest absolute Gasteiger partial charge is 0.194 e. The summed E-state index contributed by atoms with van der Waals surface area (Å²) in [6.07, 6.45) is 7.61. The standard InChI is InChI=1S/C17H11N5S/c1-2-13-14(20-16(19-13)11-3-5-18-6-4-11)9-12(1)15-10-22-7-8-23-17(22)21-15/h1-10H,(H,19,20). The second-order valence-corrected chi connectivity index (χ2v) is 6.15. The number of benzene rings is 1. The highest BCUT2D eigenvalue weighted by Gasteiger charge is 2.09. The molecule has 0 aliphatic rings. The molecule has 0 saturated carbocycles. The molecule has 0 atom stereocenters. The number of pyridine rings is 1. The Hall–Kier alpha value is -2.99. The van der Waals surface area contributed by atoms with E-state index in [1.165, 1.54) is 0 Å². The van der Waals surface area contributed by atoms with Gasteiger partial charge in [0, 0.05) is 41.3 Å². The van der Waals surface area contributed by atoms with Gasteiger partial charge in [-0.1, -0.05) is 6.07 Å². The Morgan fingerprint density at radius 3 is 2.78 bits per heavy atom. The highest BCUT2D eigenvalue weighted by Crippen LogP contribution is 2.26. The zero-order valence-corrected chi connectivity index (χ0v) is 12.8. The van der Waals surface area contributed by atoms with Gasteiger partial charge in [-0.3, -0.25) is 9.38 Å². The van der Waals surface area contributed by atoms with Crippen LogP contribution in [0.3, 0.4) is 0 Å². The van der Waals surface area contributed by atoms with E-state index in [1.807, 2.05) is 40.4 Å². The lowest BCUT2D eigenvalue weighted by Crippen LogP contribution is -1.79. The average Bonchev–Trinajstić information content (AvgIpc) is 3.28. The number of hydrogen-bond donors (Lipinski definition) is 1. The molecule has 4 heterocycles. The van der Waals surface area contributed by atoms with Gasteiger partial charge in [0.25, 0.3) is 0 Å². The number of hydrogen-bond acceptors (Lipinski definition) is 4. The molecule has 0 radical (unpaired) electrons. The number of rotatable bonds is 2. The molecule has 0 bridgehead atoms. The molecule has 23 heavy (non-hydrogen) atoms. The molecule has 0 spiro atoms. The monoisotopic (exact) mass is 317 g/mol. The van der Waals surface area contributed by atoms with Crippen LogP contribution in [0.2, 0.25) is 0 Å². The first-order chi connectivity index (χ1) is 11.4. The van der Waals surface area contributed by atoms with Crippen LogP contribution in [-0.2, 0) is 0 Å². The molecule has 0 saturated heterocycles. The Morgan fingerprint density at radius 2 is 1.91 bits per heavy atom. The number of H-pyrrole nitrogens is 1. The molecule has 0 fully saturated rings. The van der Waals surface area contributed by atoms with Crippen LogP contribution in [0.1, 0.15) is 0 Å². The van der Waals surface area contributed by atoms with Crippen molar-refractivity contribution in [2.75, 3.05) is 0 Å². The van der Waals surface area contributed by atoms with Crippen molar-refractivity contribution in [1.82, 2.24) is 24.3 Å². The Kier molecular flexibility index (Phi) is 2.59. The molecule has 1 N–H and O–H groups in total. The van der Waals surface area contributed by atoms with Crippen molar-refractivity contribution in [3.8, 4) is 22.6 Å². The maximum atomic E-state index is 4.65. The first-order valence-corrected chi connectivity index (χ1v) is 8.07. The molecule has 6 heteroatoms. The normalized spacial score (nSPS) is 11.5. The zero-order chi connectivity index (χ0) is 15.2. The summed E-state index contributed by atoms with van der Waals surface area (Å²) in [5.74, 6) is 0.852. The van der Waals surface area contributed by atoms with E-state index in [1.54, 1.807) is 23.7 Å². The van der Waals surface area contributed by atoms with E-state index < -0.39 is 0 Å². The number of aromatic amines is 1. The summed E-state index contributed by atoms with van der Waals surface area (Å²) in [7, 11) is 0. The Morgan fingerprint density at radius 1 is 1.00 bits per heavy atom. The molecule has 5 rings (SSSR count). The van der Waals surface area contributed by atoms with Gasteiger partial charge in [0.2, 0.25) is 0 Å². The van der Waals surface area contributed by atoms with Crippen LogP contribution in [0.25, 0.3) is 38.6 Å². The lowest BCUT2D eigenvalue weighted by molar-refractivity contribution is 1.23. The van der Waals surface area contributed by atoms with Crippen molar-refractivity contribution < 1.29 is 0 Å². The minimum atomic E-state index is 0.852. The largest absolute Gasteiger partial charge is 0.338 e. The summed E-state index contributed by atoms with van der Waals surface area (Å²) < 4.78 is 2.04. The Balaban J connectivity index is 1.63. The van der Waals surface area contributed by atoms with Crippen LogP contribution in [0.4, 0.5) is 0 Å². The second-order valence-electron chi connectivity index (χ2n) is 5.27. The lowest BCUT2D eigenvalue weighted by atomic mass is 10.1. The summed E-state index contributed by atoms with van der Waals surface area (Å²) >= 11 is 1.63. The van der Waals surface area contributed by atoms with E-state index in [4.69, 9.17) is 0 Å². The van der Waals surface area contributed by atoms with E-state index in [0.717, 1.165) is 38.6 Å². The van der Waals surface area contributed by atoms with Crippen LogP contribution in [-0.4, -0.2) is 24.3 Å². The molecule has 1 aromatic carbocycles. The Bertz CT molecular complexity index is 1090. The van der Waals surface area contributed by atoms with Crippen molar-refractivity contribution >= 4 is 27.3 Å². The third kappa shape index (κ3) is 2.03. The average molecular weight is 317 g/mol. The van der Waals surface area contributed by atoms with E-state index in [9.17, 15) is 0 Å². The van der Waals surface area contributed by atoms with Crippen LogP contribution in [0.15, 0.2) is 60.5 Å². The van der Waals surface area contributed by atoms with Crippen LogP contribution in [0, 0.1) is 0 Å². The van der Waals surface area contributed by atoms with Gasteiger partial charge in [-0.05, 0) is 24.3 Å². The van der Waals surface area contributed by atoms with Gasteiger partial charge in [0.15, 0.2) is 4.96 Å². The van der Waals surface area contributed by atoms with Gasteiger partial charge in [0.1, 0.15) is 5.82 Å². The molecule has 0 aliphatic carbocycles. The van der Waals surface area contributed by atoms with Crippen LogP contribution >= 0.6 is 11.3 Å². The third-order valence-corrected chi connectivity index (χ3v) is 4.60. The molecular formula is C17H11N5S. The molecule has 110 valence electrons. The number of fused-ring (bicyclic) bond motifs is 2. The molecular weight excluding hydrogens is 306 g/mol. The van der Waals surface area contributed by atoms with Crippen molar-refractivity contribution in [1.29, 1.82) is 0 Å². The quantitative estimate of drug-likeness (QED) is 0.535. The van der Waals surface area contributed by atoms with E-state index in [2.05, 4.69) is 32.1 Å². The summed E-state index contributed by atoms with van der Waals surface area (Å²) in [6, 6.07) is 10.1. The van der Waals surface area contributed by atoms with Crippen molar-refractivity contribution in [3.05, 3.63) is 60.5 Å². The summed E-state index contributed by atoms with van der Waals surface area (Å²) in [5.41, 5.74) is 5.03. The number of nitrogens with zero attached hydrogens (tertiary/aromatic N) is 4. The van der Waals surface area contributed by atoms with Gasteiger partial charge in [-0.2, -0.15) is 0 Å². The van der Waals surface area contributed by atoms with Gasteiger partial charge >= 0.3 is 0 Å². The van der Waals surface area contributed by atoms with E-state index in [-0.39, 0.29) is 0 Å². The fourth-order valence-corrected chi connectivity index (χ4v) is 3.38. The maximum Gasteiger partial charge on any atom is 0.194 e. The van der Waals surface area contributed by atoms with Gasteiger partial charge in [-0.25, -0.2) is 9.97 Å². The van der Waals surface area contributed by atoms with Crippen molar-refractivity contribution in [2.45, 2.75) is 0 Å². The number of nitrogens with one attached hydrogen (secondary N) is 1. The molecule has 5 nitrogen and oxygen atoms in total.